The lowest BCUT2D eigenvalue weighted by atomic mass is 10.1. The predicted octanol–water partition coefficient (Wildman–Crippen LogP) is 4.42. The van der Waals surface area contributed by atoms with Gasteiger partial charge in [0.25, 0.3) is 5.91 Å². The number of carbonyl (C=O) groups is 1. The van der Waals surface area contributed by atoms with Gasteiger partial charge in [0.15, 0.2) is 5.13 Å². The molecular weight excluding hydrogens is 280 g/mol. The zero-order valence-corrected chi connectivity index (χ0v) is 12.8. The molecule has 0 unspecified atom stereocenters. The van der Waals surface area contributed by atoms with Crippen molar-refractivity contribution in [1.82, 2.24) is 4.98 Å². The second-order valence-corrected chi connectivity index (χ2v) is 6.03. The van der Waals surface area contributed by atoms with Crippen LogP contribution in [0.25, 0.3) is 10.2 Å². The van der Waals surface area contributed by atoms with Gasteiger partial charge in [-0.05, 0) is 43.2 Å². The van der Waals surface area contributed by atoms with Gasteiger partial charge in [-0.1, -0.05) is 42.0 Å². The number of thiazole rings is 1. The van der Waals surface area contributed by atoms with E-state index in [1.54, 1.807) is 0 Å². The first-order valence-corrected chi connectivity index (χ1v) is 7.75. The van der Waals surface area contributed by atoms with Gasteiger partial charge in [0.2, 0.25) is 0 Å². The largest absolute Gasteiger partial charge is 0.298 e. The van der Waals surface area contributed by atoms with E-state index >= 15 is 0 Å². The minimum atomic E-state index is -0.117. The van der Waals surface area contributed by atoms with Crippen LogP contribution in [0.4, 0.5) is 5.13 Å². The Hall–Kier alpha value is -2.20. The summed E-state index contributed by atoms with van der Waals surface area (Å²) in [5, 5.41) is 3.52. The molecule has 0 radical (unpaired) electrons. The molecule has 106 valence electrons. The topological polar surface area (TPSA) is 42.0 Å². The number of nitrogens with one attached hydrogen (secondary N) is 1. The van der Waals surface area contributed by atoms with Gasteiger partial charge >= 0.3 is 0 Å². The van der Waals surface area contributed by atoms with Crippen molar-refractivity contribution >= 4 is 32.6 Å². The summed E-state index contributed by atoms with van der Waals surface area (Å²) in [6, 6.07) is 13.8. The van der Waals surface area contributed by atoms with Crippen LogP contribution in [-0.4, -0.2) is 10.9 Å². The third kappa shape index (κ3) is 2.95. The van der Waals surface area contributed by atoms with Crippen LogP contribution in [0.2, 0.25) is 0 Å². The Kier molecular flexibility index (Phi) is 3.71. The number of aromatic nitrogens is 1. The Morgan fingerprint density at radius 1 is 1.24 bits per heavy atom. The van der Waals surface area contributed by atoms with Crippen molar-refractivity contribution in [2.75, 3.05) is 5.32 Å². The van der Waals surface area contributed by atoms with Crippen LogP contribution in [-0.2, 0) is 6.42 Å². The standard InChI is InChI=1S/C17H16N2OS/c1-3-12-7-8-15-14(10-12)18-17(21-15)19-16(20)13-6-4-5-11(2)9-13/h4-10H,3H2,1-2H3,(H,18,19,20). The molecule has 4 heteroatoms. The lowest BCUT2D eigenvalue weighted by Gasteiger charge is -2.02. The monoisotopic (exact) mass is 296 g/mol. The summed E-state index contributed by atoms with van der Waals surface area (Å²) in [5.74, 6) is -0.117. The third-order valence-electron chi connectivity index (χ3n) is 3.36. The highest BCUT2D eigenvalue weighted by molar-refractivity contribution is 7.22. The summed E-state index contributed by atoms with van der Waals surface area (Å²) in [6.45, 7) is 4.09. The number of aryl methyl sites for hydroxylation is 2. The minimum Gasteiger partial charge on any atom is -0.298 e. The first-order chi connectivity index (χ1) is 10.2. The molecule has 2 aromatic carbocycles. The van der Waals surface area contributed by atoms with Gasteiger partial charge < -0.3 is 0 Å². The van der Waals surface area contributed by atoms with E-state index in [0.717, 1.165) is 22.2 Å². The van der Waals surface area contributed by atoms with Crippen LogP contribution in [0.1, 0.15) is 28.4 Å². The molecule has 1 heterocycles. The third-order valence-corrected chi connectivity index (χ3v) is 4.31. The summed E-state index contributed by atoms with van der Waals surface area (Å²) < 4.78 is 1.09. The molecule has 3 nitrogen and oxygen atoms in total. The van der Waals surface area contributed by atoms with Crippen LogP contribution in [0.3, 0.4) is 0 Å². The van der Waals surface area contributed by atoms with Gasteiger partial charge in [0, 0.05) is 5.56 Å². The second kappa shape index (κ2) is 5.66. The molecule has 0 saturated heterocycles. The number of fused-ring (bicyclic) bond motifs is 1. The maximum absolute atomic E-state index is 12.2. The lowest BCUT2D eigenvalue weighted by Crippen LogP contribution is -2.11. The van der Waals surface area contributed by atoms with E-state index in [4.69, 9.17) is 0 Å². The van der Waals surface area contributed by atoms with Crippen molar-refractivity contribution in [1.29, 1.82) is 0 Å². The summed E-state index contributed by atoms with van der Waals surface area (Å²) in [7, 11) is 0. The van der Waals surface area contributed by atoms with Crippen molar-refractivity contribution in [3.8, 4) is 0 Å². The van der Waals surface area contributed by atoms with Crippen molar-refractivity contribution in [3.05, 3.63) is 59.2 Å². The molecule has 3 aromatic rings. The maximum atomic E-state index is 12.2. The van der Waals surface area contributed by atoms with Crippen molar-refractivity contribution < 1.29 is 4.79 Å². The number of amides is 1. The van der Waals surface area contributed by atoms with E-state index in [-0.39, 0.29) is 5.91 Å². The van der Waals surface area contributed by atoms with Crippen molar-refractivity contribution in [2.45, 2.75) is 20.3 Å². The molecule has 0 aliphatic carbocycles. The summed E-state index contributed by atoms with van der Waals surface area (Å²) in [5.41, 5.74) is 3.92. The predicted molar refractivity (Wildman–Crippen MR) is 88.1 cm³/mol. The van der Waals surface area contributed by atoms with E-state index < -0.39 is 0 Å². The van der Waals surface area contributed by atoms with E-state index in [9.17, 15) is 4.79 Å². The normalized spacial score (nSPS) is 10.8. The van der Waals surface area contributed by atoms with Crippen molar-refractivity contribution in [2.24, 2.45) is 0 Å². The lowest BCUT2D eigenvalue weighted by molar-refractivity contribution is 0.102. The molecule has 0 fully saturated rings. The van der Waals surface area contributed by atoms with Crippen molar-refractivity contribution in [3.63, 3.8) is 0 Å². The highest BCUT2D eigenvalue weighted by Gasteiger charge is 2.10. The van der Waals surface area contributed by atoms with E-state index in [0.29, 0.717) is 10.7 Å². The molecule has 0 aliphatic heterocycles. The number of hydrogen-bond donors (Lipinski definition) is 1. The quantitative estimate of drug-likeness (QED) is 0.777. The fourth-order valence-electron chi connectivity index (χ4n) is 2.20. The number of rotatable bonds is 3. The molecule has 0 aliphatic rings. The van der Waals surface area contributed by atoms with Crippen LogP contribution in [0.5, 0.6) is 0 Å². The average molecular weight is 296 g/mol. The first kappa shape index (κ1) is 13.8. The summed E-state index contributed by atoms with van der Waals surface area (Å²) in [4.78, 5) is 16.7. The molecule has 1 N–H and O–H groups in total. The number of benzene rings is 2. The molecule has 3 rings (SSSR count). The van der Waals surface area contributed by atoms with Crippen LogP contribution >= 0.6 is 11.3 Å². The van der Waals surface area contributed by atoms with Crippen LogP contribution in [0.15, 0.2) is 42.5 Å². The van der Waals surface area contributed by atoms with E-state index in [1.807, 2.05) is 31.2 Å². The Morgan fingerprint density at radius 3 is 2.86 bits per heavy atom. The molecule has 0 saturated carbocycles. The van der Waals surface area contributed by atoms with Gasteiger partial charge in [0.05, 0.1) is 10.2 Å². The minimum absolute atomic E-state index is 0.117. The van der Waals surface area contributed by atoms with Gasteiger partial charge in [-0.2, -0.15) is 0 Å². The van der Waals surface area contributed by atoms with Gasteiger partial charge in [-0.15, -0.1) is 0 Å². The summed E-state index contributed by atoms with van der Waals surface area (Å²) >= 11 is 1.50. The number of carbonyl (C=O) groups excluding carboxylic acids is 1. The number of hydrogen-bond acceptors (Lipinski definition) is 3. The molecule has 21 heavy (non-hydrogen) atoms. The molecule has 0 spiro atoms. The van der Waals surface area contributed by atoms with E-state index in [2.05, 4.69) is 35.4 Å². The fraction of sp³-hybridized carbons (Fsp3) is 0.176. The van der Waals surface area contributed by atoms with E-state index in [1.165, 1.54) is 16.9 Å². The van der Waals surface area contributed by atoms with Gasteiger partial charge in [-0.25, -0.2) is 4.98 Å². The number of anilines is 1. The smallest absolute Gasteiger partial charge is 0.257 e. The molecule has 1 aromatic heterocycles. The van der Waals surface area contributed by atoms with Gasteiger partial charge in [0.1, 0.15) is 0 Å². The Morgan fingerprint density at radius 2 is 2.10 bits per heavy atom. The average Bonchev–Trinajstić information content (AvgIpc) is 2.88. The molecule has 1 amide bonds. The number of nitrogens with zero attached hydrogens (tertiary/aromatic N) is 1. The Bertz CT molecular complexity index is 807. The first-order valence-electron chi connectivity index (χ1n) is 6.93. The Balaban J connectivity index is 1.86. The Labute approximate surface area is 127 Å². The molecular formula is C17H16N2OS. The highest BCUT2D eigenvalue weighted by atomic mass is 32.1. The van der Waals surface area contributed by atoms with Crippen LogP contribution in [0, 0.1) is 6.92 Å². The SMILES string of the molecule is CCc1ccc2sc(NC(=O)c3cccc(C)c3)nc2c1. The second-order valence-electron chi connectivity index (χ2n) is 5.00. The van der Waals surface area contributed by atoms with Crippen LogP contribution < -0.4 is 5.32 Å². The van der Waals surface area contributed by atoms with Gasteiger partial charge in [-0.3, -0.25) is 10.1 Å². The molecule has 0 atom stereocenters. The zero-order chi connectivity index (χ0) is 14.8. The highest BCUT2D eigenvalue weighted by Crippen LogP contribution is 2.27. The fourth-order valence-corrected chi connectivity index (χ4v) is 3.04. The zero-order valence-electron chi connectivity index (χ0n) is 12.0. The maximum Gasteiger partial charge on any atom is 0.257 e. The summed E-state index contributed by atoms with van der Waals surface area (Å²) in [6.07, 6.45) is 0.985. The molecule has 0 bridgehead atoms.